The SMILES string of the molecule is O=C(Cc1ccc(F)cc1)NCc1ccc(C(=O)O)nc1. The van der Waals surface area contributed by atoms with Crippen LogP contribution in [0.2, 0.25) is 0 Å². The van der Waals surface area contributed by atoms with Gasteiger partial charge in [-0.2, -0.15) is 0 Å². The first-order valence-electron chi connectivity index (χ1n) is 6.24. The Kier molecular flexibility index (Phi) is 4.61. The second-order valence-electron chi connectivity index (χ2n) is 4.44. The number of carboxylic acids is 1. The molecule has 0 fully saturated rings. The lowest BCUT2D eigenvalue weighted by Gasteiger charge is -2.05. The van der Waals surface area contributed by atoms with E-state index >= 15 is 0 Å². The van der Waals surface area contributed by atoms with E-state index in [1.165, 1.54) is 24.4 Å². The zero-order chi connectivity index (χ0) is 15.2. The van der Waals surface area contributed by atoms with Gasteiger partial charge in [0.05, 0.1) is 6.42 Å². The lowest BCUT2D eigenvalue weighted by atomic mass is 10.1. The highest BCUT2D eigenvalue weighted by Gasteiger charge is 2.06. The Balaban J connectivity index is 1.86. The monoisotopic (exact) mass is 288 g/mol. The number of pyridine rings is 1. The second kappa shape index (κ2) is 6.60. The van der Waals surface area contributed by atoms with Gasteiger partial charge in [0.2, 0.25) is 5.91 Å². The predicted molar refractivity (Wildman–Crippen MR) is 73.1 cm³/mol. The van der Waals surface area contributed by atoms with Crippen LogP contribution in [0.4, 0.5) is 4.39 Å². The van der Waals surface area contributed by atoms with Crippen LogP contribution in [0.1, 0.15) is 21.6 Å². The van der Waals surface area contributed by atoms with Crippen molar-refractivity contribution in [1.29, 1.82) is 0 Å². The van der Waals surface area contributed by atoms with E-state index in [0.717, 1.165) is 0 Å². The molecule has 0 bridgehead atoms. The minimum absolute atomic E-state index is 0.0450. The number of carbonyl (C=O) groups excluding carboxylic acids is 1. The topological polar surface area (TPSA) is 79.3 Å². The Morgan fingerprint density at radius 3 is 2.33 bits per heavy atom. The van der Waals surface area contributed by atoms with Crippen LogP contribution in [-0.2, 0) is 17.8 Å². The summed E-state index contributed by atoms with van der Waals surface area (Å²) in [5, 5.41) is 11.4. The summed E-state index contributed by atoms with van der Waals surface area (Å²) in [7, 11) is 0. The fourth-order valence-corrected chi connectivity index (χ4v) is 1.71. The van der Waals surface area contributed by atoms with Gasteiger partial charge in [0.1, 0.15) is 11.5 Å². The molecule has 1 aromatic heterocycles. The molecule has 1 amide bonds. The Labute approximate surface area is 120 Å². The molecule has 0 saturated carbocycles. The Morgan fingerprint density at radius 1 is 1.10 bits per heavy atom. The highest BCUT2D eigenvalue weighted by atomic mass is 19.1. The first kappa shape index (κ1) is 14.6. The third-order valence-corrected chi connectivity index (χ3v) is 2.81. The number of hydrogen-bond donors (Lipinski definition) is 2. The van der Waals surface area contributed by atoms with Crippen LogP contribution in [0.5, 0.6) is 0 Å². The largest absolute Gasteiger partial charge is 0.477 e. The number of aromatic nitrogens is 1. The van der Waals surface area contributed by atoms with Gasteiger partial charge in [0, 0.05) is 12.7 Å². The summed E-state index contributed by atoms with van der Waals surface area (Å²) in [6.45, 7) is 0.257. The van der Waals surface area contributed by atoms with Crippen molar-refractivity contribution in [2.75, 3.05) is 0 Å². The van der Waals surface area contributed by atoms with Gasteiger partial charge in [0.15, 0.2) is 0 Å². The van der Waals surface area contributed by atoms with Crippen molar-refractivity contribution in [3.8, 4) is 0 Å². The van der Waals surface area contributed by atoms with Crippen molar-refractivity contribution in [1.82, 2.24) is 10.3 Å². The predicted octanol–water partition coefficient (Wildman–Crippen LogP) is 1.78. The molecule has 0 saturated heterocycles. The molecular formula is C15H13FN2O3. The first-order valence-corrected chi connectivity index (χ1v) is 6.24. The van der Waals surface area contributed by atoms with Crippen molar-refractivity contribution >= 4 is 11.9 Å². The normalized spacial score (nSPS) is 10.1. The van der Waals surface area contributed by atoms with Gasteiger partial charge in [-0.3, -0.25) is 4.79 Å². The second-order valence-corrected chi connectivity index (χ2v) is 4.44. The third-order valence-electron chi connectivity index (χ3n) is 2.81. The summed E-state index contributed by atoms with van der Waals surface area (Å²) in [4.78, 5) is 26.1. The van der Waals surface area contributed by atoms with E-state index in [9.17, 15) is 14.0 Å². The van der Waals surface area contributed by atoms with Crippen LogP contribution >= 0.6 is 0 Å². The molecule has 1 aromatic carbocycles. The summed E-state index contributed by atoms with van der Waals surface area (Å²) in [6, 6.07) is 8.68. The molecule has 0 aliphatic rings. The molecule has 0 atom stereocenters. The van der Waals surface area contributed by atoms with E-state index in [0.29, 0.717) is 11.1 Å². The van der Waals surface area contributed by atoms with Crippen molar-refractivity contribution in [2.45, 2.75) is 13.0 Å². The minimum Gasteiger partial charge on any atom is -0.477 e. The lowest BCUT2D eigenvalue weighted by molar-refractivity contribution is -0.120. The molecule has 0 aliphatic carbocycles. The Bertz CT molecular complexity index is 639. The van der Waals surface area contributed by atoms with Crippen LogP contribution in [0.3, 0.4) is 0 Å². The average molecular weight is 288 g/mol. The van der Waals surface area contributed by atoms with E-state index in [4.69, 9.17) is 5.11 Å². The molecule has 108 valence electrons. The number of halogens is 1. The molecule has 0 radical (unpaired) electrons. The van der Waals surface area contributed by atoms with Gasteiger partial charge in [-0.25, -0.2) is 14.2 Å². The molecule has 0 aliphatic heterocycles. The quantitative estimate of drug-likeness (QED) is 0.879. The van der Waals surface area contributed by atoms with Gasteiger partial charge in [-0.05, 0) is 29.3 Å². The maximum atomic E-state index is 12.7. The van der Waals surface area contributed by atoms with Gasteiger partial charge in [-0.15, -0.1) is 0 Å². The van der Waals surface area contributed by atoms with E-state index in [1.54, 1.807) is 18.2 Å². The molecule has 21 heavy (non-hydrogen) atoms. The smallest absolute Gasteiger partial charge is 0.354 e. The minimum atomic E-state index is -1.10. The van der Waals surface area contributed by atoms with Gasteiger partial charge >= 0.3 is 5.97 Å². The fraction of sp³-hybridized carbons (Fsp3) is 0.133. The van der Waals surface area contributed by atoms with Gasteiger partial charge in [-0.1, -0.05) is 18.2 Å². The van der Waals surface area contributed by atoms with E-state index in [-0.39, 0.29) is 30.4 Å². The average Bonchev–Trinajstić information content (AvgIpc) is 2.48. The molecule has 2 aromatic rings. The molecule has 2 rings (SSSR count). The summed E-state index contributed by atoms with van der Waals surface area (Å²) >= 11 is 0. The molecule has 6 heteroatoms. The van der Waals surface area contributed by atoms with Gasteiger partial charge in [0.25, 0.3) is 0 Å². The molecule has 2 N–H and O–H groups in total. The van der Waals surface area contributed by atoms with Crippen LogP contribution in [0, 0.1) is 5.82 Å². The maximum absolute atomic E-state index is 12.7. The number of rotatable bonds is 5. The van der Waals surface area contributed by atoms with E-state index in [2.05, 4.69) is 10.3 Å². The van der Waals surface area contributed by atoms with Crippen LogP contribution < -0.4 is 5.32 Å². The summed E-state index contributed by atoms with van der Waals surface area (Å²) in [6.07, 6.45) is 1.56. The van der Waals surface area contributed by atoms with Crippen LogP contribution in [-0.4, -0.2) is 22.0 Å². The van der Waals surface area contributed by atoms with Crippen molar-refractivity contribution < 1.29 is 19.1 Å². The first-order chi connectivity index (χ1) is 10.0. The highest BCUT2D eigenvalue weighted by molar-refractivity contribution is 5.85. The molecular weight excluding hydrogens is 275 g/mol. The number of hydrogen-bond acceptors (Lipinski definition) is 3. The Hall–Kier alpha value is -2.76. The molecule has 5 nitrogen and oxygen atoms in total. The number of benzene rings is 1. The Morgan fingerprint density at radius 2 is 1.76 bits per heavy atom. The molecule has 0 spiro atoms. The van der Waals surface area contributed by atoms with Crippen molar-refractivity contribution in [3.05, 3.63) is 65.2 Å². The van der Waals surface area contributed by atoms with E-state index < -0.39 is 5.97 Å². The number of nitrogens with zero attached hydrogens (tertiary/aromatic N) is 1. The number of amides is 1. The summed E-state index contributed by atoms with van der Waals surface area (Å²) < 4.78 is 12.7. The van der Waals surface area contributed by atoms with Gasteiger partial charge < -0.3 is 10.4 Å². The zero-order valence-electron chi connectivity index (χ0n) is 11.0. The fourth-order valence-electron chi connectivity index (χ4n) is 1.71. The number of nitrogens with one attached hydrogen (secondary N) is 1. The number of carboxylic acid groups (broad SMARTS) is 1. The maximum Gasteiger partial charge on any atom is 0.354 e. The highest BCUT2D eigenvalue weighted by Crippen LogP contribution is 2.04. The van der Waals surface area contributed by atoms with Crippen LogP contribution in [0.15, 0.2) is 42.6 Å². The zero-order valence-corrected chi connectivity index (χ0v) is 11.0. The van der Waals surface area contributed by atoms with Crippen molar-refractivity contribution in [2.24, 2.45) is 0 Å². The van der Waals surface area contributed by atoms with E-state index in [1.807, 2.05) is 0 Å². The summed E-state index contributed by atoms with van der Waals surface area (Å²) in [5.41, 5.74) is 1.37. The van der Waals surface area contributed by atoms with Crippen LogP contribution in [0.25, 0.3) is 0 Å². The van der Waals surface area contributed by atoms with Crippen molar-refractivity contribution in [3.63, 3.8) is 0 Å². The molecule has 1 heterocycles. The number of aromatic carboxylic acids is 1. The lowest BCUT2D eigenvalue weighted by Crippen LogP contribution is -2.24. The standard InChI is InChI=1S/C15H13FN2O3/c16-12-4-1-10(2-5-12)7-14(19)18-9-11-3-6-13(15(20)21)17-8-11/h1-6,8H,7,9H2,(H,18,19)(H,20,21). The summed E-state index contributed by atoms with van der Waals surface area (Å²) in [5.74, 6) is -1.64. The third kappa shape index (κ3) is 4.38. The molecule has 0 unspecified atom stereocenters. The number of carbonyl (C=O) groups is 2.